The molecular weight excluding hydrogens is 424 g/mol. The fourth-order valence-electron chi connectivity index (χ4n) is 4.33. The first-order chi connectivity index (χ1) is 16.2. The van der Waals surface area contributed by atoms with Gasteiger partial charge in [-0.25, -0.2) is 9.67 Å². The van der Waals surface area contributed by atoms with Crippen molar-refractivity contribution in [2.75, 3.05) is 7.11 Å². The minimum atomic E-state index is -0.250. The topological polar surface area (TPSA) is 119 Å². The minimum Gasteiger partial charge on any atom is -0.493 e. The molecule has 3 heterocycles. The normalized spacial score (nSPS) is 20.4. The molecule has 2 aromatic carbocycles. The van der Waals surface area contributed by atoms with E-state index in [0.29, 0.717) is 29.0 Å². The number of fused-ring (bicyclic) bond motifs is 2. The SMILES string of the molecule is COc1ccccc1OCc1nc([C@H]2C[C@@H]3CC[C@H]2O3)n(-c2ccc(C#N)cc2)n1.O=CO. The molecule has 1 aromatic heterocycles. The van der Waals surface area contributed by atoms with E-state index in [2.05, 4.69) is 6.07 Å². The van der Waals surface area contributed by atoms with Gasteiger partial charge in [-0.05, 0) is 55.7 Å². The molecule has 0 unspecified atom stereocenters. The van der Waals surface area contributed by atoms with E-state index in [0.717, 1.165) is 30.8 Å². The molecule has 0 amide bonds. The molecular formula is C24H24N4O5. The number of hydrogen-bond donors (Lipinski definition) is 1. The van der Waals surface area contributed by atoms with Crippen LogP contribution in [0.2, 0.25) is 0 Å². The third kappa shape index (κ3) is 4.81. The molecule has 9 nitrogen and oxygen atoms in total. The lowest BCUT2D eigenvalue weighted by atomic mass is 9.88. The summed E-state index contributed by atoms with van der Waals surface area (Å²) in [5.41, 5.74) is 1.49. The summed E-state index contributed by atoms with van der Waals surface area (Å²) in [5, 5.41) is 20.7. The lowest BCUT2D eigenvalue weighted by Gasteiger charge is -2.18. The maximum atomic E-state index is 9.09. The van der Waals surface area contributed by atoms with Crippen molar-refractivity contribution in [1.82, 2.24) is 14.8 Å². The number of ether oxygens (including phenoxy) is 3. The number of para-hydroxylation sites is 2. The second-order valence-electron chi connectivity index (χ2n) is 7.72. The molecule has 170 valence electrons. The molecule has 2 saturated heterocycles. The third-order valence-corrected chi connectivity index (χ3v) is 5.78. The number of benzene rings is 2. The summed E-state index contributed by atoms with van der Waals surface area (Å²) in [6.45, 7) is -0.0156. The summed E-state index contributed by atoms with van der Waals surface area (Å²) < 4.78 is 19.2. The Morgan fingerprint density at radius 3 is 2.55 bits per heavy atom. The van der Waals surface area contributed by atoms with Crippen LogP contribution in [-0.4, -0.2) is 45.7 Å². The highest BCUT2D eigenvalue weighted by molar-refractivity contribution is 5.40. The minimum absolute atomic E-state index is 0.194. The number of carbonyl (C=O) groups is 1. The molecule has 3 atom stereocenters. The van der Waals surface area contributed by atoms with Crippen LogP contribution >= 0.6 is 0 Å². The highest BCUT2D eigenvalue weighted by Crippen LogP contribution is 2.44. The molecule has 9 heteroatoms. The monoisotopic (exact) mass is 448 g/mol. The lowest BCUT2D eigenvalue weighted by Crippen LogP contribution is -2.19. The molecule has 5 rings (SSSR count). The van der Waals surface area contributed by atoms with Gasteiger partial charge in [-0.3, -0.25) is 4.79 Å². The van der Waals surface area contributed by atoms with Crippen molar-refractivity contribution in [3.05, 3.63) is 65.7 Å². The maximum absolute atomic E-state index is 9.09. The summed E-state index contributed by atoms with van der Waals surface area (Å²) in [6.07, 6.45) is 3.66. The van der Waals surface area contributed by atoms with Gasteiger partial charge >= 0.3 is 0 Å². The number of nitrogens with zero attached hydrogens (tertiary/aromatic N) is 4. The Kier molecular flexibility index (Phi) is 6.86. The Hall–Kier alpha value is -3.90. The Balaban J connectivity index is 0.000000821. The molecule has 0 saturated carbocycles. The molecule has 0 spiro atoms. The van der Waals surface area contributed by atoms with Gasteiger partial charge in [0.1, 0.15) is 12.4 Å². The fourth-order valence-corrected chi connectivity index (χ4v) is 4.33. The maximum Gasteiger partial charge on any atom is 0.290 e. The first-order valence-electron chi connectivity index (χ1n) is 10.6. The molecule has 2 aliphatic rings. The van der Waals surface area contributed by atoms with Crippen molar-refractivity contribution in [2.24, 2.45) is 0 Å². The number of rotatable bonds is 6. The van der Waals surface area contributed by atoms with Crippen LogP contribution in [0.3, 0.4) is 0 Å². The number of aromatic nitrogens is 3. The first kappa shape index (κ1) is 22.3. The third-order valence-electron chi connectivity index (χ3n) is 5.78. The van der Waals surface area contributed by atoms with Crippen LogP contribution in [0.1, 0.15) is 42.4 Å². The van der Waals surface area contributed by atoms with Crippen molar-refractivity contribution in [3.8, 4) is 23.3 Å². The van der Waals surface area contributed by atoms with Crippen molar-refractivity contribution in [3.63, 3.8) is 0 Å². The zero-order chi connectivity index (χ0) is 23.2. The molecule has 33 heavy (non-hydrogen) atoms. The summed E-state index contributed by atoms with van der Waals surface area (Å²) in [4.78, 5) is 13.2. The van der Waals surface area contributed by atoms with Gasteiger partial charge in [0.25, 0.3) is 6.47 Å². The Morgan fingerprint density at radius 2 is 1.94 bits per heavy atom. The van der Waals surface area contributed by atoms with E-state index in [1.165, 1.54) is 0 Å². The molecule has 0 aliphatic carbocycles. The average molecular weight is 448 g/mol. The highest BCUT2D eigenvalue weighted by atomic mass is 16.5. The van der Waals surface area contributed by atoms with E-state index in [1.54, 1.807) is 19.2 Å². The van der Waals surface area contributed by atoms with Gasteiger partial charge in [0.05, 0.1) is 36.6 Å². The summed E-state index contributed by atoms with van der Waals surface area (Å²) in [6, 6.07) is 17.1. The van der Waals surface area contributed by atoms with Crippen LogP contribution in [0, 0.1) is 11.3 Å². The van der Waals surface area contributed by atoms with E-state index in [9.17, 15) is 0 Å². The Bertz CT molecular complexity index is 1140. The molecule has 2 fully saturated rings. The van der Waals surface area contributed by atoms with Gasteiger partial charge in [-0.15, -0.1) is 5.10 Å². The van der Waals surface area contributed by atoms with E-state index in [-0.39, 0.29) is 25.1 Å². The van der Waals surface area contributed by atoms with Crippen LogP contribution in [-0.2, 0) is 16.1 Å². The fraction of sp³-hybridized carbons (Fsp3) is 0.333. The van der Waals surface area contributed by atoms with Crippen molar-refractivity contribution < 1.29 is 24.1 Å². The number of methoxy groups -OCH3 is 1. The predicted octanol–water partition coefficient (Wildman–Crippen LogP) is 3.46. The lowest BCUT2D eigenvalue weighted by molar-refractivity contribution is -0.122. The zero-order valence-electron chi connectivity index (χ0n) is 18.1. The van der Waals surface area contributed by atoms with Crippen molar-refractivity contribution in [2.45, 2.75) is 44.0 Å². The largest absolute Gasteiger partial charge is 0.493 e. The standard InChI is InChI=1S/C23H22N4O3.CH2O2/c1-28-20-4-2-3-5-21(20)29-14-22-25-23(18-12-17-10-11-19(18)30-17)27(26-22)16-8-6-15(13-24)7-9-16;2-1-3/h2-9,17-19H,10-12,14H2,1H3;1H,(H,2,3)/t17-,18-,19+;/m0./s1. The van der Waals surface area contributed by atoms with Crippen molar-refractivity contribution in [1.29, 1.82) is 5.26 Å². The predicted molar refractivity (Wildman–Crippen MR) is 117 cm³/mol. The second kappa shape index (κ2) is 10.1. The highest BCUT2D eigenvalue weighted by Gasteiger charge is 2.44. The first-order valence-corrected chi connectivity index (χ1v) is 10.6. The van der Waals surface area contributed by atoms with Gasteiger partial charge in [0.2, 0.25) is 0 Å². The number of nitriles is 1. The zero-order valence-corrected chi connectivity index (χ0v) is 18.1. The van der Waals surface area contributed by atoms with Gasteiger partial charge in [-0.2, -0.15) is 5.26 Å². The van der Waals surface area contributed by atoms with E-state index in [1.807, 2.05) is 41.1 Å². The van der Waals surface area contributed by atoms with Crippen LogP contribution in [0.25, 0.3) is 5.69 Å². The molecule has 3 aromatic rings. The van der Waals surface area contributed by atoms with E-state index < -0.39 is 0 Å². The van der Waals surface area contributed by atoms with Crippen LogP contribution in [0.15, 0.2) is 48.5 Å². The summed E-state index contributed by atoms with van der Waals surface area (Å²) in [7, 11) is 1.62. The molecule has 0 radical (unpaired) electrons. The molecule has 2 aliphatic heterocycles. The van der Waals surface area contributed by atoms with Crippen molar-refractivity contribution >= 4 is 6.47 Å². The van der Waals surface area contributed by atoms with Gasteiger partial charge in [0, 0.05) is 5.92 Å². The molecule has 2 bridgehead atoms. The molecule has 1 N–H and O–H groups in total. The smallest absolute Gasteiger partial charge is 0.290 e. The summed E-state index contributed by atoms with van der Waals surface area (Å²) >= 11 is 0. The average Bonchev–Trinajstić information content (AvgIpc) is 3.59. The second-order valence-corrected chi connectivity index (χ2v) is 7.72. The number of carboxylic acid groups (broad SMARTS) is 1. The summed E-state index contributed by atoms with van der Waals surface area (Å²) in [5.74, 6) is 3.03. The van der Waals surface area contributed by atoms with Crippen LogP contribution in [0.4, 0.5) is 0 Å². The van der Waals surface area contributed by atoms with Crippen LogP contribution in [0.5, 0.6) is 11.5 Å². The number of hydrogen-bond acceptors (Lipinski definition) is 7. The van der Waals surface area contributed by atoms with E-state index in [4.69, 9.17) is 39.5 Å². The van der Waals surface area contributed by atoms with Gasteiger partial charge in [0.15, 0.2) is 17.3 Å². The van der Waals surface area contributed by atoms with E-state index >= 15 is 0 Å². The Morgan fingerprint density at radius 1 is 1.21 bits per heavy atom. The quantitative estimate of drug-likeness (QED) is 0.570. The van der Waals surface area contributed by atoms with Gasteiger partial charge < -0.3 is 19.3 Å². The Labute approximate surface area is 191 Å². The van der Waals surface area contributed by atoms with Crippen LogP contribution < -0.4 is 9.47 Å². The van der Waals surface area contributed by atoms with Gasteiger partial charge in [-0.1, -0.05) is 12.1 Å².